The van der Waals surface area contributed by atoms with Crippen LogP contribution in [0, 0.1) is 0 Å². The number of methoxy groups -OCH3 is 4. The predicted molar refractivity (Wildman–Crippen MR) is 113 cm³/mol. The maximum atomic E-state index is 6.19. The monoisotopic (exact) mass is 413 g/mol. The molecule has 0 heterocycles. The molecule has 0 rings (SSSR count). The molecule has 0 fully saturated rings. The molecule has 1 N–H and O–H groups in total. The predicted octanol–water partition coefficient (Wildman–Crippen LogP) is 4.13. The highest BCUT2D eigenvalue weighted by Gasteiger charge is 2.40. The molecule has 5 atom stereocenters. The summed E-state index contributed by atoms with van der Waals surface area (Å²) >= 11 is 0. The highest BCUT2D eigenvalue weighted by molar-refractivity contribution is 7.40. The number of ether oxygens (including phenoxy) is 4. The van der Waals surface area contributed by atoms with Crippen molar-refractivity contribution < 1.29 is 23.8 Å². The largest absolute Gasteiger partial charge is 0.350 e. The molecule has 0 aliphatic carbocycles. The molecule has 0 aliphatic rings. The summed E-state index contributed by atoms with van der Waals surface area (Å²) in [7, 11) is 7.68. The average molecular weight is 413 g/mol. The van der Waals surface area contributed by atoms with Crippen LogP contribution in [0.25, 0.3) is 0 Å². The summed E-state index contributed by atoms with van der Waals surface area (Å²) in [6.45, 7) is 13.5. The van der Waals surface area contributed by atoms with Gasteiger partial charge in [0.05, 0.1) is 5.60 Å². The van der Waals surface area contributed by atoms with Crippen LogP contribution in [0.15, 0.2) is 0 Å². The molecule has 0 aromatic rings. The third-order valence-corrected chi connectivity index (χ3v) is 8.44. The van der Waals surface area contributed by atoms with E-state index in [0.29, 0.717) is 22.8 Å². The van der Waals surface area contributed by atoms with Crippen molar-refractivity contribution in [2.45, 2.75) is 82.4 Å². The van der Waals surface area contributed by atoms with Gasteiger partial charge in [-0.1, -0.05) is 37.9 Å². The lowest BCUT2D eigenvalue weighted by atomic mass is 9.96. The van der Waals surface area contributed by atoms with Crippen molar-refractivity contribution in [3.05, 3.63) is 0 Å². The van der Waals surface area contributed by atoms with Crippen molar-refractivity contribution in [3.8, 4) is 0 Å². The highest BCUT2D eigenvalue weighted by atomic mass is 31.1. The second-order valence-corrected chi connectivity index (χ2v) is 11.4. The van der Waals surface area contributed by atoms with Crippen molar-refractivity contribution in [1.82, 2.24) is 5.48 Å². The minimum absolute atomic E-state index is 0.236. The molecule has 0 radical (unpaired) electrons. The van der Waals surface area contributed by atoms with Gasteiger partial charge in [0.2, 0.25) is 0 Å². The number of rotatable bonds is 15. The molecule has 0 aromatic heterocycles. The van der Waals surface area contributed by atoms with E-state index >= 15 is 0 Å². The summed E-state index contributed by atoms with van der Waals surface area (Å²) in [6, 6.07) is 0. The van der Waals surface area contributed by atoms with Crippen molar-refractivity contribution in [3.63, 3.8) is 0 Å². The number of hydroxylamine groups is 1. The van der Waals surface area contributed by atoms with E-state index in [9.17, 15) is 0 Å². The molecule has 8 heteroatoms. The molecule has 0 aromatic carbocycles. The maximum Gasteiger partial charge on any atom is 0.180 e. The van der Waals surface area contributed by atoms with Gasteiger partial charge in [-0.25, -0.2) is 5.48 Å². The van der Waals surface area contributed by atoms with Crippen LogP contribution in [0.5, 0.6) is 0 Å². The summed E-state index contributed by atoms with van der Waals surface area (Å²) in [6.07, 6.45) is 1.89. The maximum absolute atomic E-state index is 6.19. The first-order chi connectivity index (χ1) is 12.0. The van der Waals surface area contributed by atoms with E-state index in [1.54, 1.807) is 28.4 Å². The van der Waals surface area contributed by atoms with Gasteiger partial charge in [0, 0.05) is 40.6 Å². The minimum Gasteiger partial charge on any atom is -0.350 e. The quantitative estimate of drug-likeness (QED) is 0.189. The Morgan fingerprint density at radius 1 is 0.846 bits per heavy atom. The molecule has 0 saturated heterocycles. The van der Waals surface area contributed by atoms with Gasteiger partial charge in [-0.2, -0.15) is 0 Å². The minimum atomic E-state index is -0.603. The first-order valence-electron chi connectivity index (χ1n) is 9.20. The Hall–Kier alpha value is 0.620. The molecule has 0 amide bonds. The molecule has 0 saturated carbocycles. The molecule has 0 spiro atoms. The summed E-state index contributed by atoms with van der Waals surface area (Å²) in [4.78, 5) is 6.19. The molecular weight excluding hydrogens is 372 g/mol. The Morgan fingerprint density at radius 2 is 1.31 bits per heavy atom. The van der Waals surface area contributed by atoms with Gasteiger partial charge >= 0.3 is 0 Å². The van der Waals surface area contributed by atoms with E-state index in [-0.39, 0.29) is 11.3 Å². The van der Waals surface area contributed by atoms with Crippen LogP contribution < -0.4 is 5.48 Å². The molecule has 26 heavy (non-hydrogen) atoms. The Morgan fingerprint density at radius 3 is 1.73 bits per heavy atom. The Labute approximate surface area is 164 Å². The lowest BCUT2D eigenvalue weighted by molar-refractivity contribution is -0.130. The highest BCUT2D eigenvalue weighted by Crippen LogP contribution is 2.47. The van der Waals surface area contributed by atoms with Gasteiger partial charge in [-0.15, -0.1) is 0 Å². The van der Waals surface area contributed by atoms with Crippen LogP contribution in [-0.2, 0) is 23.8 Å². The normalized spacial score (nSPS) is 18.7. The summed E-state index contributed by atoms with van der Waals surface area (Å²) in [5, 5.41) is 0. The van der Waals surface area contributed by atoms with E-state index < -0.39 is 11.1 Å². The van der Waals surface area contributed by atoms with Crippen LogP contribution in [0.4, 0.5) is 0 Å². The number of hydrogen-bond donors (Lipinski definition) is 1. The van der Waals surface area contributed by atoms with E-state index in [2.05, 4.69) is 33.2 Å². The molecule has 158 valence electrons. The third-order valence-electron chi connectivity index (χ3n) is 4.83. The zero-order valence-electron chi connectivity index (χ0n) is 18.3. The first-order valence-corrected chi connectivity index (χ1v) is 11.4. The molecule has 6 nitrogen and oxygen atoms in total. The smallest absolute Gasteiger partial charge is 0.180 e. The van der Waals surface area contributed by atoms with Gasteiger partial charge in [-0.05, 0) is 39.3 Å². The van der Waals surface area contributed by atoms with Crippen LogP contribution in [0.1, 0.15) is 54.4 Å². The standard InChI is InChI=1S/C18H41NO5P2/c1-11-12-19-24-16(4,15(3)26-18(6,22-9)23-10)13-14(2)25-17(5,20-7)21-8/h14-15,19,25-26H,11-13H2,1-10H3. The first kappa shape index (κ1) is 26.6. The van der Waals surface area contributed by atoms with Gasteiger partial charge in [0.25, 0.3) is 0 Å². The van der Waals surface area contributed by atoms with E-state index in [1.165, 1.54) is 0 Å². The van der Waals surface area contributed by atoms with E-state index in [1.807, 2.05) is 13.8 Å². The molecule has 5 unspecified atom stereocenters. The Balaban J connectivity index is 5.21. The Kier molecular flexibility index (Phi) is 12.5. The second kappa shape index (κ2) is 12.2. The van der Waals surface area contributed by atoms with Crippen molar-refractivity contribution >= 4 is 17.2 Å². The average Bonchev–Trinajstić information content (AvgIpc) is 2.61. The van der Waals surface area contributed by atoms with E-state index in [4.69, 9.17) is 23.8 Å². The fourth-order valence-electron chi connectivity index (χ4n) is 2.68. The summed E-state index contributed by atoms with van der Waals surface area (Å²) < 4.78 is 22.2. The Bertz CT molecular complexity index is 381. The SMILES string of the molecule is CCCNOC(C)(CC(C)PC(C)(OC)OC)C(C)PC(C)(OC)OC. The lowest BCUT2D eigenvalue weighted by Crippen LogP contribution is -2.46. The van der Waals surface area contributed by atoms with Gasteiger partial charge in [0.15, 0.2) is 11.1 Å². The van der Waals surface area contributed by atoms with Crippen LogP contribution in [-0.4, -0.2) is 63.0 Å². The van der Waals surface area contributed by atoms with Crippen LogP contribution >= 0.6 is 17.2 Å². The van der Waals surface area contributed by atoms with Crippen molar-refractivity contribution in [2.24, 2.45) is 0 Å². The van der Waals surface area contributed by atoms with Gasteiger partial charge in [-0.3, -0.25) is 4.84 Å². The lowest BCUT2D eigenvalue weighted by Gasteiger charge is -2.41. The van der Waals surface area contributed by atoms with Gasteiger partial charge < -0.3 is 18.9 Å². The number of hydrogen-bond acceptors (Lipinski definition) is 6. The summed E-state index contributed by atoms with van der Waals surface area (Å²) in [5.74, 6) is 0. The third kappa shape index (κ3) is 8.75. The fourth-order valence-corrected chi connectivity index (χ4v) is 5.82. The van der Waals surface area contributed by atoms with Crippen LogP contribution in [0.3, 0.4) is 0 Å². The molecular formula is C18H41NO5P2. The van der Waals surface area contributed by atoms with Gasteiger partial charge in [0.1, 0.15) is 0 Å². The molecule has 0 aliphatic heterocycles. The van der Waals surface area contributed by atoms with E-state index in [0.717, 1.165) is 19.4 Å². The van der Waals surface area contributed by atoms with Crippen LogP contribution in [0.2, 0.25) is 0 Å². The zero-order valence-corrected chi connectivity index (χ0v) is 20.3. The second-order valence-electron chi connectivity index (χ2n) is 7.13. The topological polar surface area (TPSA) is 58.2 Å². The molecule has 0 bridgehead atoms. The summed E-state index contributed by atoms with van der Waals surface area (Å²) in [5.41, 5.74) is 2.22. The van der Waals surface area contributed by atoms with Crippen molar-refractivity contribution in [1.29, 1.82) is 0 Å². The fraction of sp³-hybridized carbons (Fsp3) is 1.00. The zero-order chi connectivity index (χ0) is 20.4. The number of nitrogens with one attached hydrogen (secondary N) is 1. The van der Waals surface area contributed by atoms with Crippen molar-refractivity contribution in [2.75, 3.05) is 35.0 Å².